The molecule has 3 aliphatic rings. The Balaban J connectivity index is 1.35. The van der Waals surface area contributed by atoms with Crippen LogP contribution in [0.2, 0.25) is 0 Å². The normalized spacial score (nSPS) is 35.1. The lowest BCUT2D eigenvalue weighted by Crippen LogP contribution is -2.16. The lowest BCUT2D eigenvalue weighted by Gasteiger charge is -2.29. The lowest BCUT2D eigenvalue weighted by atomic mass is 9.76. The fourth-order valence-corrected chi connectivity index (χ4v) is 5.84. The van der Waals surface area contributed by atoms with Crippen molar-refractivity contribution in [1.82, 2.24) is 0 Å². The van der Waals surface area contributed by atoms with Crippen molar-refractivity contribution in [3.63, 3.8) is 0 Å². The van der Waals surface area contributed by atoms with E-state index in [2.05, 4.69) is 38.2 Å². The summed E-state index contributed by atoms with van der Waals surface area (Å²) < 4.78 is 29.9. The maximum atomic E-state index is 15.0. The van der Waals surface area contributed by atoms with E-state index in [9.17, 15) is 4.39 Å². The molecule has 0 saturated heterocycles. The molecule has 4 rings (SSSR count). The van der Waals surface area contributed by atoms with Gasteiger partial charge in [0.25, 0.3) is 0 Å². The molecule has 0 amide bonds. The molecule has 30 heavy (non-hydrogen) atoms. The maximum Gasteiger partial charge on any atom is 0.162 e. The molecule has 164 valence electrons. The van der Waals surface area contributed by atoms with Crippen LogP contribution < -0.4 is 0 Å². The second-order valence-corrected chi connectivity index (χ2v) is 10.4. The molecule has 0 radical (unpaired) electrons. The summed E-state index contributed by atoms with van der Waals surface area (Å²) in [5.74, 6) is 1.84. The van der Waals surface area contributed by atoms with E-state index in [0.717, 1.165) is 57.3 Å². The van der Waals surface area contributed by atoms with E-state index in [0.29, 0.717) is 28.9 Å². The smallest absolute Gasteiger partial charge is 0.162 e. The van der Waals surface area contributed by atoms with E-state index in [1.54, 1.807) is 0 Å². The molecule has 0 aromatic heterocycles. The number of halogens is 2. The third-order valence-corrected chi connectivity index (χ3v) is 8.08. The average molecular weight is 413 g/mol. The van der Waals surface area contributed by atoms with Gasteiger partial charge < -0.3 is 0 Å². The van der Waals surface area contributed by atoms with Crippen LogP contribution in [-0.4, -0.2) is 0 Å². The van der Waals surface area contributed by atoms with E-state index in [4.69, 9.17) is 0 Å². The molecule has 2 heteroatoms. The molecule has 0 spiro atoms. The van der Waals surface area contributed by atoms with Gasteiger partial charge in [0.05, 0.1) is 0 Å². The fraction of sp³-hybridized carbons (Fsp3) is 0.643. The predicted molar refractivity (Wildman–Crippen MR) is 122 cm³/mol. The fourth-order valence-electron chi connectivity index (χ4n) is 5.84. The Morgan fingerprint density at radius 1 is 0.667 bits per heavy atom. The molecule has 2 saturated carbocycles. The number of hydrogen-bond donors (Lipinski definition) is 0. The Hall–Kier alpha value is -1.44. The highest BCUT2D eigenvalue weighted by Gasteiger charge is 2.28. The molecule has 0 bridgehead atoms. The lowest BCUT2D eigenvalue weighted by molar-refractivity contribution is 0.336. The topological polar surface area (TPSA) is 0 Å². The Kier molecular flexibility index (Phi) is 7.11. The van der Waals surface area contributed by atoms with Crippen LogP contribution in [0.15, 0.2) is 36.4 Å². The van der Waals surface area contributed by atoms with Crippen LogP contribution in [0.1, 0.15) is 101 Å². The second kappa shape index (κ2) is 9.79. The summed E-state index contributed by atoms with van der Waals surface area (Å²) in [5, 5.41) is 0. The van der Waals surface area contributed by atoms with E-state index in [1.807, 2.05) is 12.1 Å². The zero-order valence-corrected chi connectivity index (χ0v) is 18.8. The summed E-state index contributed by atoms with van der Waals surface area (Å²) in [6, 6.07) is 3.80. The van der Waals surface area contributed by atoms with Gasteiger partial charge >= 0.3 is 0 Å². The van der Waals surface area contributed by atoms with Crippen molar-refractivity contribution in [3.8, 4) is 0 Å². The van der Waals surface area contributed by atoms with Crippen molar-refractivity contribution < 1.29 is 8.78 Å². The standard InChI is InChI=1S/C28H38F2/c1-19-3-7-21(8-4-19)9-10-22-11-15-24(16-12-22)26-18-17-25(27(29)28(26)30)23-13-5-20(2)6-14-23/h3,7,9-10,17-24H,4-6,8,11-16H2,1-2H3/b10-9+. The van der Waals surface area contributed by atoms with Crippen molar-refractivity contribution in [2.75, 3.05) is 0 Å². The molecule has 2 atom stereocenters. The van der Waals surface area contributed by atoms with Gasteiger partial charge in [0.1, 0.15) is 0 Å². The average Bonchev–Trinajstić information content (AvgIpc) is 2.76. The minimum Gasteiger partial charge on any atom is -0.203 e. The SMILES string of the molecule is CC1C=CC(/C=C/C2CCC(c3ccc(C4CCC(C)CC4)c(F)c3F)CC2)CC1. The van der Waals surface area contributed by atoms with E-state index in [-0.39, 0.29) is 11.8 Å². The van der Waals surface area contributed by atoms with E-state index >= 15 is 4.39 Å². The molecule has 0 nitrogen and oxygen atoms in total. The van der Waals surface area contributed by atoms with Gasteiger partial charge in [-0.05, 0) is 98.0 Å². The summed E-state index contributed by atoms with van der Waals surface area (Å²) in [6.45, 7) is 4.54. The zero-order valence-electron chi connectivity index (χ0n) is 18.8. The summed E-state index contributed by atoms with van der Waals surface area (Å²) in [6.07, 6.45) is 20.3. The highest BCUT2D eigenvalue weighted by molar-refractivity contribution is 5.32. The molecule has 3 aliphatic carbocycles. The van der Waals surface area contributed by atoms with Gasteiger partial charge in [0.15, 0.2) is 11.6 Å². The summed E-state index contributed by atoms with van der Waals surface area (Å²) in [5.41, 5.74) is 1.24. The minimum absolute atomic E-state index is 0.167. The van der Waals surface area contributed by atoms with Gasteiger partial charge in [0.2, 0.25) is 0 Å². The van der Waals surface area contributed by atoms with Gasteiger partial charge in [-0.25, -0.2) is 8.78 Å². The predicted octanol–water partition coefficient (Wildman–Crippen LogP) is 8.69. The molecule has 2 unspecified atom stereocenters. The first kappa shape index (κ1) is 21.8. The van der Waals surface area contributed by atoms with Crippen molar-refractivity contribution in [1.29, 1.82) is 0 Å². The molecule has 0 aliphatic heterocycles. The zero-order chi connectivity index (χ0) is 21.1. The van der Waals surface area contributed by atoms with Gasteiger partial charge in [0, 0.05) is 0 Å². The number of rotatable bonds is 4. The Morgan fingerprint density at radius 3 is 1.77 bits per heavy atom. The van der Waals surface area contributed by atoms with Crippen LogP contribution in [0.3, 0.4) is 0 Å². The maximum absolute atomic E-state index is 15.0. The van der Waals surface area contributed by atoms with E-state index in [1.165, 1.54) is 12.8 Å². The van der Waals surface area contributed by atoms with Gasteiger partial charge in [-0.2, -0.15) is 0 Å². The van der Waals surface area contributed by atoms with Crippen LogP contribution >= 0.6 is 0 Å². The van der Waals surface area contributed by atoms with Gasteiger partial charge in [-0.3, -0.25) is 0 Å². The Morgan fingerprint density at radius 2 is 1.23 bits per heavy atom. The monoisotopic (exact) mass is 412 g/mol. The summed E-state index contributed by atoms with van der Waals surface area (Å²) in [4.78, 5) is 0. The molecule has 2 fully saturated rings. The molecule has 1 aromatic rings. The Labute approximate surface area is 181 Å². The summed E-state index contributed by atoms with van der Waals surface area (Å²) >= 11 is 0. The van der Waals surface area contributed by atoms with Crippen molar-refractivity contribution >= 4 is 0 Å². The van der Waals surface area contributed by atoms with Crippen molar-refractivity contribution in [2.24, 2.45) is 23.7 Å². The molecular formula is C28H38F2. The van der Waals surface area contributed by atoms with Crippen LogP contribution in [0.25, 0.3) is 0 Å². The van der Waals surface area contributed by atoms with Gasteiger partial charge in [-0.1, -0.05) is 63.1 Å². The van der Waals surface area contributed by atoms with E-state index < -0.39 is 11.6 Å². The van der Waals surface area contributed by atoms with Crippen LogP contribution in [0.4, 0.5) is 8.78 Å². The van der Waals surface area contributed by atoms with Crippen LogP contribution in [-0.2, 0) is 0 Å². The number of allylic oxidation sites excluding steroid dienone is 4. The first-order valence-electron chi connectivity index (χ1n) is 12.4. The second-order valence-electron chi connectivity index (χ2n) is 10.4. The highest BCUT2D eigenvalue weighted by Crippen LogP contribution is 2.41. The summed E-state index contributed by atoms with van der Waals surface area (Å²) in [7, 11) is 0. The first-order chi connectivity index (χ1) is 14.5. The third-order valence-electron chi connectivity index (χ3n) is 8.08. The van der Waals surface area contributed by atoms with Gasteiger partial charge in [-0.15, -0.1) is 0 Å². The minimum atomic E-state index is -0.563. The van der Waals surface area contributed by atoms with Crippen LogP contribution in [0.5, 0.6) is 0 Å². The van der Waals surface area contributed by atoms with Crippen LogP contribution in [0, 0.1) is 35.3 Å². The molecule has 0 N–H and O–H groups in total. The first-order valence-corrected chi connectivity index (χ1v) is 12.4. The van der Waals surface area contributed by atoms with Crippen molar-refractivity contribution in [2.45, 2.75) is 89.9 Å². The van der Waals surface area contributed by atoms with Crippen molar-refractivity contribution in [3.05, 3.63) is 59.2 Å². The highest BCUT2D eigenvalue weighted by atomic mass is 19.2. The largest absolute Gasteiger partial charge is 0.203 e. The Bertz CT molecular complexity index is 761. The molecule has 0 heterocycles. The number of hydrogen-bond acceptors (Lipinski definition) is 0. The number of benzene rings is 1. The molecule has 1 aromatic carbocycles. The molecular weight excluding hydrogens is 374 g/mol. The third kappa shape index (κ3) is 5.06. The quantitative estimate of drug-likeness (QED) is 0.434.